The van der Waals surface area contributed by atoms with Crippen molar-refractivity contribution in [1.29, 1.82) is 0 Å². The first-order valence-electron chi connectivity index (χ1n) is 13.2. The van der Waals surface area contributed by atoms with Crippen LogP contribution >= 0.6 is 11.3 Å². The van der Waals surface area contributed by atoms with Gasteiger partial charge in [-0.05, 0) is 42.5 Å². The maximum Gasteiger partial charge on any atom is 0.434 e. The summed E-state index contributed by atoms with van der Waals surface area (Å²) >= 11 is 0.706. The fourth-order valence-electron chi connectivity index (χ4n) is 5.37. The standard InChI is InChI=1S/C26H25F6N5O5S2/c1-44(40,41)13-19(38)34-22-21-17(36-37(22)11-20-33-18(12-43-20)26(30,31)32)10-24(35-23(21)39)7-5-14-9-15(3-4-16(14)24)42-8-2-6-25(27,28)29/h3-4,9,12H,2,5-8,10-11,13H2,1H3,(H,34,38)(H,35,39)/t24-/m0/s1. The third-order valence-electron chi connectivity index (χ3n) is 7.14. The van der Waals surface area contributed by atoms with Crippen LogP contribution in [-0.2, 0) is 45.7 Å². The number of amides is 2. The van der Waals surface area contributed by atoms with Crippen LogP contribution in [0.25, 0.3) is 0 Å². The molecule has 2 aromatic heterocycles. The number of halogens is 6. The minimum Gasteiger partial charge on any atom is -0.494 e. The quantitative estimate of drug-likeness (QED) is 0.258. The molecular weight excluding hydrogens is 640 g/mol. The van der Waals surface area contributed by atoms with Crippen molar-refractivity contribution in [1.82, 2.24) is 20.1 Å². The summed E-state index contributed by atoms with van der Waals surface area (Å²) in [4.78, 5) is 29.7. The molecule has 1 aliphatic carbocycles. The number of aryl methyl sites for hydroxylation is 1. The largest absolute Gasteiger partial charge is 0.494 e. The van der Waals surface area contributed by atoms with E-state index in [0.717, 1.165) is 27.4 Å². The minimum absolute atomic E-state index is 0.0140. The van der Waals surface area contributed by atoms with Gasteiger partial charge in [-0.1, -0.05) is 6.07 Å². The molecule has 3 heterocycles. The summed E-state index contributed by atoms with van der Waals surface area (Å²) < 4.78 is 107. The molecule has 1 aromatic carbocycles. The van der Waals surface area contributed by atoms with E-state index < -0.39 is 57.4 Å². The van der Waals surface area contributed by atoms with Crippen LogP contribution < -0.4 is 15.4 Å². The van der Waals surface area contributed by atoms with Crippen LogP contribution in [0.4, 0.5) is 32.2 Å². The lowest BCUT2D eigenvalue weighted by Crippen LogP contribution is -2.49. The number of carbonyl (C=O) groups is 2. The van der Waals surface area contributed by atoms with E-state index in [9.17, 15) is 44.3 Å². The van der Waals surface area contributed by atoms with E-state index in [4.69, 9.17) is 4.74 Å². The number of fused-ring (bicyclic) bond motifs is 3. The van der Waals surface area contributed by atoms with Gasteiger partial charge in [-0.2, -0.15) is 31.4 Å². The van der Waals surface area contributed by atoms with Gasteiger partial charge >= 0.3 is 12.4 Å². The monoisotopic (exact) mass is 665 g/mol. The van der Waals surface area contributed by atoms with E-state index in [2.05, 4.69) is 20.7 Å². The summed E-state index contributed by atoms with van der Waals surface area (Å²) in [7, 11) is -3.75. The van der Waals surface area contributed by atoms with Crippen LogP contribution in [0.2, 0.25) is 0 Å². The number of benzene rings is 1. The van der Waals surface area contributed by atoms with Crippen LogP contribution in [0.1, 0.15) is 57.1 Å². The molecule has 44 heavy (non-hydrogen) atoms. The number of alkyl halides is 6. The van der Waals surface area contributed by atoms with Gasteiger partial charge in [0.2, 0.25) is 5.91 Å². The fraction of sp³-hybridized carbons (Fsp3) is 0.462. The summed E-state index contributed by atoms with van der Waals surface area (Å²) in [5.74, 6) is -2.29. The van der Waals surface area contributed by atoms with Crippen molar-refractivity contribution >= 4 is 38.8 Å². The number of carbonyl (C=O) groups excluding carboxylic acids is 2. The highest BCUT2D eigenvalue weighted by Crippen LogP contribution is 2.44. The second kappa shape index (κ2) is 11.4. The molecule has 18 heteroatoms. The Morgan fingerprint density at radius 2 is 1.98 bits per heavy atom. The SMILES string of the molecule is CS(=O)(=O)CC(=O)Nc1c2c(nn1Cc1nc(C(F)(F)F)cs1)C[C@]1(CCc3cc(OCCCC(F)(F)F)ccc31)NC2=O. The number of thiazole rings is 1. The lowest BCUT2D eigenvalue weighted by Gasteiger charge is -2.35. The first kappa shape index (κ1) is 31.7. The van der Waals surface area contributed by atoms with E-state index in [0.29, 0.717) is 29.9 Å². The number of rotatable bonds is 9. The van der Waals surface area contributed by atoms with Gasteiger partial charge in [0.05, 0.1) is 24.4 Å². The molecular formula is C26H25F6N5O5S2. The van der Waals surface area contributed by atoms with Crippen LogP contribution in [0.3, 0.4) is 0 Å². The first-order chi connectivity index (χ1) is 20.4. The van der Waals surface area contributed by atoms with E-state index in [1.165, 1.54) is 0 Å². The number of aromatic nitrogens is 3. The summed E-state index contributed by atoms with van der Waals surface area (Å²) in [6, 6.07) is 5.01. The Balaban J connectivity index is 1.43. The molecule has 1 spiro atoms. The number of nitrogens with one attached hydrogen (secondary N) is 2. The van der Waals surface area contributed by atoms with Crippen molar-refractivity contribution in [3.05, 3.63) is 56.7 Å². The Hall–Kier alpha value is -3.67. The zero-order valence-electron chi connectivity index (χ0n) is 22.9. The number of hydrogen-bond donors (Lipinski definition) is 2. The second-order valence-electron chi connectivity index (χ2n) is 10.7. The van der Waals surface area contributed by atoms with Crippen molar-refractivity contribution in [2.24, 2.45) is 0 Å². The van der Waals surface area contributed by atoms with E-state index >= 15 is 0 Å². The molecule has 5 rings (SSSR count). The van der Waals surface area contributed by atoms with Gasteiger partial charge in [0.25, 0.3) is 5.91 Å². The van der Waals surface area contributed by atoms with Gasteiger partial charge < -0.3 is 15.4 Å². The Morgan fingerprint density at radius 3 is 2.64 bits per heavy atom. The smallest absolute Gasteiger partial charge is 0.434 e. The van der Waals surface area contributed by atoms with E-state index in [-0.39, 0.29) is 48.1 Å². The minimum atomic E-state index is -4.68. The van der Waals surface area contributed by atoms with Crippen molar-refractivity contribution in [3.63, 3.8) is 0 Å². The predicted octanol–water partition coefficient (Wildman–Crippen LogP) is 4.24. The fourth-order valence-corrected chi connectivity index (χ4v) is 6.70. The third-order valence-corrected chi connectivity index (χ3v) is 8.76. The molecule has 10 nitrogen and oxygen atoms in total. The average molecular weight is 666 g/mol. The van der Waals surface area contributed by atoms with Gasteiger partial charge in [-0.25, -0.2) is 18.1 Å². The average Bonchev–Trinajstić information content (AvgIpc) is 3.57. The summed E-state index contributed by atoms with van der Waals surface area (Å²) in [5.41, 5.74) is -0.303. The first-order valence-corrected chi connectivity index (χ1v) is 16.1. The molecule has 0 fully saturated rings. The summed E-state index contributed by atoms with van der Waals surface area (Å²) in [6.07, 6.45) is -8.20. The molecule has 0 saturated heterocycles. The van der Waals surface area contributed by atoms with Crippen LogP contribution in [0, 0.1) is 0 Å². The molecule has 2 aliphatic rings. The number of ether oxygens (including phenoxy) is 1. The number of hydrogen-bond acceptors (Lipinski definition) is 8. The number of sulfone groups is 1. The van der Waals surface area contributed by atoms with Gasteiger partial charge in [-0.3, -0.25) is 9.59 Å². The van der Waals surface area contributed by atoms with Gasteiger partial charge in [-0.15, -0.1) is 11.3 Å². The Bertz CT molecular complexity index is 1720. The number of nitrogens with zero attached hydrogens (tertiary/aromatic N) is 3. The highest BCUT2D eigenvalue weighted by atomic mass is 32.2. The van der Waals surface area contributed by atoms with Crippen LogP contribution in [0.5, 0.6) is 5.75 Å². The normalized spacial score (nSPS) is 18.2. The summed E-state index contributed by atoms with van der Waals surface area (Å²) in [5, 5.41) is 10.6. The molecule has 0 bridgehead atoms. The molecule has 3 aromatic rings. The second-order valence-corrected chi connectivity index (χ2v) is 13.8. The molecule has 1 atom stereocenters. The Morgan fingerprint density at radius 1 is 1.23 bits per heavy atom. The van der Waals surface area contributed by atoms with E-state index in [1.807, 2.05) is 0 Å². The molecule has 0 radical (unpaired) electrons. The Labute approximate surface area is 250 Å². The zero-order chi connectivity index (χ0) is 32.1. The van der Waals surface area contributed by atoms with Gasteiger partial charge in [0.1, 0.15) is 27.9 Å². The van der Waals surface area contributed by atoms with Crippen molar-refractivity contribution < 1.29 is 49.1 Å². The third kappa shape index (κ3) is 7.00. The van der Waals surface area contributed by atoms with Crippen LogP contribution in [0.15, 0.2) is 23.6 Å². The highest BCUT2D eigenvalue weighted by molar-refractivity contribution is 7.91. The maximum absolute atomic E-state index is 13.6. The zero-order valence-corrected chi connectivity index (χ0v) is 24.6. The summed E-state index contributed by atoms with van der Waals surface area (Å²) in [6.45, 7) is -0.466. The maximum atomic E-state index is 13.6. The molecule has 1 aliphatic heterocycles. The topological polar surface area (TPSA) is 132 Å². The van der Waals surface area contributed by atoms with E-state index in [1.54, 1.807) is 18.2 Å². The molecule has 0 unspecified atom stereocenters. The van der Waals surface area contributed by atoms with Crippen molar-refractivity contribution in [2.75, 3.05) is 23.9 Å². The van der Waals surface area contributed by atoms with Gasteiger partial charge in [0, 0.05) is 24.5 Å². The lowest BCUT2D eigenvalue weighted by atomic mass is 9.82. The van der Waals surface area contributed by atoms with Crippen molar-refractivity contribution in [3.8, 4) is 5.75 Å². The predicted molar refractivity (Wildman–Crippen MR) is 145 cm³/mol. The molecule has 2 N–H and O–H groups in total. The molecule has 238 valence electrons. The van der Waals surface area contributed by atoms with Crippen LogP contribution in [-0.4, -0.2) is 59.8 Å². The Kier molecular flexibility index (Phi) is 8.19. The van der Waals surface area contributed by atoms with Gasteiger partial charge in [0.15, 0.2) is 15.5 Å². The number of anilines is 1. The molecule has 2 amide bonds. The molecule has 0 saturated carbocycles. The van der Waals surface area contributed by atoms with Crippen molar-refractivity contribution in [2.45, 2.75) is 56.5 Å². The lowest BCUT2D eigenvalue weighted by molar-refractivity contribution is -0.141. The highest BCUT2D eigenvalue weighted by Gasteiger charge is 2.47.